The van der Waals surface area contributed by atoms with Crippen molar-refractivity contribution in [2.45, 2.75) is 5.16 Å². The molecule has 0 amide bonds. The van der Waals surface area contributed by atoms with E-state index in [1.165, 1.54) is 0 Å². The van der Waals surface area contributed by atoms with Crippen molar-refractivity contribution in [1.29, 1.82) is 0 Å². The Morgan fingerprint density at radius 1 is 1.53 bits per heavy atom. The number of aliphatic carboxylic acids is 1. The fourth-order valence-electron chi connectivity index (χ4n) is 1.47. The second kappa shape index (κ2) is 5.94. The van der Waals surface area contributed by atoms with E-state index in [1.54, 1.807) is 17.7 Å². The van der Waals surface area contributed by atoms with Crippen LogP contribution in [0.2, 0.25) is 5.02 Å². The number of hydrogen-bond acceptors (Lipinski definition) is 4. The predicted octanol–water partition coefficient (Wildman–Crippen LogP) is 3.07. The molecule has 0 atom stereocenters. The van der Waals surface area contributed by atoms with E-state index in [1.807, 2.05) is 12.1 Å². The third kappa shape index (κ3) is 3.29. The van der Waals surface area contributed by atoms with Gasteiger partial charge in [0.25, 0.3) is 0 Å². The molecular weight excluding hydrogens is 354 g/mol. The Balaban J connectivity index is 2.36. The summed E-state index contributed by atoms with van der Waals surface area (Å²) < 4.78 is 2.61. The van der Waals surface area contributed by atoms with Crippen LogP contribution in [0.25, 0.3) is 11.4 Å². The molecule has 0 spiro atoms. The van der Waals surface area contributed by atoms with Gasteiger partial charge in [-0.2, -0.15) is 0 Å². The molecule has 8 heteroatoms. The highest BCUT2D eigenvalue weighted by atomic mass is 79.9. The number of carbonyl (C=O) groups is 1. The first-order chi connectivity index (χ1) is 8.99. The fourth-order valence-corrected chi connectivity index (χ4v) is 2.66. The lowest BCUT2D eigenvalue weighted by Crippen LogP contribution is -2.01. The smallest absolute Gasteiger partial charge is 0.313 e. The van der Waals surface area contributed by atoms with Gasteiger partial charge in [-0.05, 0) is 18.2 Å². The third-order valence-electron chi connectivity index (χ3n) is 2.33. The van der Waals surface area contributed by atoms with E-state index < -0.39 is 5.97 Å². The van der Waals surface area contributed by atoms with E-state index in [0.717, 1.165) is 21.8 Å². The Kier molecular flexibility index (Phi) is 4.49. The third-order valence-corrected chi connectivity index (χ3v) is 4.16. The van der Waals surface area contributed by atoms with Crippen LogP contribution in [0.15, 0.2) is 27.8 Å². The first-order valence-corrected chi connectivity index (χ1v) is 7.34. The van der Waals surface area contributed by atoms with E-state index in [9.17, 15) is 4.79 Å². The van der Waals surface area contributed by atoms with Gasteiger partial charge in [-0.3, -0.25) is 4.79 Å². The van der Waals surface area contributed by atoms with Crippen molar-refractivity contribution >= 4 is 45.3 Å². The van der Waals surface area contributed by atoms with Crippen LogP contribution < -0.4 is 0 Å². The Morgan fingerprint density at radius 2 is 2.26 bits per heavy atom. The number of benzene rings is 1. The average molecular weight is 363 g/mol. The summed E-state index contributed by atoms with van der Waals surface area (Å²) >= 11 is 10.6. The molecule has 0 fully saturated rings. The molecule has 1 aromatic carbocycles. The summed E-state index contributed by atoms with van der Waals surface area (Å²) in [7, 11) is 1.77. The van der Waals surface area contributed by atoms with Gasteiger partial charge in [0.15, 0.2) is 11.0 Å². The van der Waals surface area contributed by atoms with E-state index in [4.69, 9.17) is 16.7 Å². The maximum atomic E-state index is 10.6. The minimum absolute atomic E-state index is 0.0574. The summed E-state index contributed by atoms with van der Waals surface area (Å²) in [5.74, 6) is -0.354. The van der Waals surface area contributed by atoms with Gasteiger partial charge in [0.2, 0.25) is 0 Å². The molecule has 2 rings (SSSR count). The van der Waals surface area contributed by atoms with Gasteiger partial charge in [0.1, 0.15) is 0 Å². The monoisotopic (exact) mass is 361 g/mol. The van der Waals surface area contributed by atoms with Crippen molar-refractivity contribution in [3.63, 3.8) is 0 Å². The predicted molar refractivity (Wildman–Crippen MR) is 77.5 cm³/mol. The maximum Gasteiger partial charge on any atom is 0.313 e. The first kappa shape index (κ1) is 14.4. The summed E-state index contributed by atoms with van der Waals surface area (Å²) in [6.45, 7) is 0. The van der Waals surface area contributed by atoms with Crippen molar-refractivity contribution < 1.29 is 9.90 Å². The molecule has 2 aromatic rings. The van der Waals surface area contributed by atoms with Crippen LogP contribution >= 0.6 is 39.3 Å². The first-order valence-electron chi connectivity index (χ1n) is 5.18. The molecule has 1 heterocycles. The van der Waals surface area contributed by atoms with Crippen molar-refractivity contribution in [2.24, 2.45) is 7.05 Å². The van der Waals surface area contributed by atoms with Crippen LogP contribution in [-0.4, -0.2) is 31.6 Å². The molecule has 1 aromatic heterocycles. The summed E-state index contributed by atoms with van der Waals surface area (Å²) in [6.07, 6.45) is 0. The lowest BCUT2D eigenvalue weighted by molar-refractivity contribution is -0.133. The molecule has 0 bridgehead atoms. The van der Waals surface area contributed by atoms with Crippen molar-refractivity contribution in [3.8, 4) is 11.4 Å². The number of aromatic nitrogens is 3. The Morgan fingerprint density at radius 3 is 2.95 bits per heavy atom. The normalized spacial score (nSPS) is 10.7. The molecule has 19 heavy (non-hydrogen) atoms. The second-order valence-electron chi connectivity index (χ2n) is 3.67. The number of carboxylic acid groups (broad SMARTS) is 1. The topological polar surface area (TPSA) is 68.0 Å². The minimum atomic E-state index is -0.893. The second-order valence-corrected chi connectivity index (χ2v) is 5.94. The van der Waals surface area contributed by atoms with Crippen molar-refractivity contribution in [1.82, 2.24) is 14.8 Å². The van der Waals surface area contributed by atoms with Crippen LogP contribution in [0.3, 0.4) is 0 Å². The standard InChI is InChI=1S/C11H9BrClN3O2S/c1-16-10(7-4-6(12)2-3-8(7)13)14-15-11(16)19-5-9(17)18/h2-4H,5H2,1H3,(H,17,18). The molecule has 5 nitrogen and oxygen atoms in total. The molecule has 0 unspecified atom stereocenters. The van der Waals surface area contributed by atoms with Crippen LogP contribution in [0.1, 0.15) is 0 Å². The highest BCUT2D eigenvalue weighted by molar-refractivity contribution is 9.10. The quantitative estimate of drug-likeness (QED) is 0.847. The number of carboxylic acids is 1. The number of hydrogen-bond donors (Lipinski definition) is 1. The summed E-state index contributed by atoms with van der Waals surface area (Å²) in [4.78, 5) is 10.6. The molecule has 0 aliphatic rings. The average Bonchev–Trinajstić information content (AvgIpc) is 2.71. The van der Waals surface area contributed by atoms with Crippen LogP contribution in [0.5, 0.6) is 0 Å². The molecule has 0 aliphatic heterocycles. The molecule has 0 radical (unpaired) electrons. The van der Waals surface area contributed by atoms with E-state index in [-0.39, 0.29) is 5.75 Å². The largest absolute Gasteiger partial charge is 0.481 e. The number of rotatable bonds is 4. The van der Waals surface area contributed by atoms with Gasteiger partial charge in [-0.25, -0.2) is 0 Å². The summed E-state index contributed by atoms with van der Waals surface area (Å²) in [5, 5.41) is 17.8. The number of thioether (sulfide) groups is 1. The molecule has 0 aliphatic carbocycles. The van der Waals surface area contributed by atoms with E-state index in [2.05, 4.69) is 26.1 Å². The van der Waals surface area contributed by atoms with Gasteiger partial charge in [-0.1, -0.05) is 39.3 Å². The SMILES string of the molecule is Cn1c(SCC(=O)O)nnc1-c1cc(Br)ccc1Cl. The zero-order chi connectivity index (χ0) is 14.0. The molecule has 1 N–H and O–H groups in total. The Hall–Kier alpha value is -1.05. The van der Waals surface area contributed by atoms with Gasteiger partial charge in [0.05, 0.1) is 10.8 Å². The van der Waals surface area contributed by atoms with Gasteiger partial charge in [0, 0.05) is 17.1 Å². The van der Waals surface area contributed by atoms with Crippen molar-refractivity contribution in [3.05, 3.63) is 27.7 Å². The lowest BCUT2D eigenvalue weighted by atomic mass is 10.2. The fraction of sp³-hybridized carbons (Fsp3) is 0.182. The lowest BCUT2D eigenvalue weighted by Gasteiger charge is -2.05. The molecule has 0 saturated heterocycles. The summed E-state index contributed by atoms with van der Waals surface area (Å²) in [5.41, 5.74) is 0.744. The van der Waals surface area contributed by atoms with Crippen LogP contribution in [0.4, 0.5) is 0 Å². The summed E-state index contributed by atoms with van der Waals surface area (Å²) in [6, 6.07) is 5.44. The van der Waals surface area contributed by atoms with Gasteiger partial charge < -0.3 is 9.67 Å². The Bertz CT molecular complexity index is 632. The molecular formula is C11H9BrClN3O2S. The Labute approximate surface area is 127 Å². The highest BCUT2D eigenvalue weighted by Gasteiger charge is 2.15. The van der Waals surface area contributed by atoms with Crippen LogP contribution in [0, 0.1) is 0 Å². The van der Waals surface area contributed by atoms with Crippen LogP contribution in [-0.2, 0) is 11.8 Å². The highest BCUT2D eigenvalue weighted by Crippen LogP contribution is 2.30. The number of halogens is 2. The van der Waals surface area contributed by atoms with E-state index in [0.29, 0.717) is 16.0 Å². The van der Waals surface area contributed by atoms with Crippen molar-refractivity contribution in [2.75, 3.05) is 5.75 Å². The number of nitrogens with zero attached hydrogens (tertiary/aromatic N) is 3. The minimum Gasteiger partial charge on any atom is -0.481 e. The zero-order valence-electron chi connectivity index (χ0n) is 9.80. The zero-order valence-corrected chi connectivity index (χ0v) is 13.0. The van der Waals surface area contributed by atoms with E-state index >= 15 is 0 Å². The maximum absolute atomic E-state index is 10.6. The molecule has 100 valence electrons. The van der Waals surface area contributed by atoms with Gasteiger partial charge in [-0.15, -0.1) is 10.2 Å². The molecule has 0 saturated carbocycles. The van der Waals surface area contributed by atoms with Gasteiger partial charge >= 0.3 is 5.97 Å².